The van der Waals surface area contributed by atoms with Crippen LogP contribution in [0.25, 0.3) is 0 Å². The SMILES string of the molecule is [B]C1CNC([B])CNC([B])CNC([B])CN1. The average molecular weight is 211 g/mol. The fourth-order valence-electron chi connectivity index (χ4n) is 1.40. The molecule has 4 nitrogen and oxygen atoms in total. The van der Waals surface area contributed by atoms with E-state index in [0.717, 1.165) is 0 Å². The molecule has 8 radical (unpaired) electrons. The first-order valence-electron chi connectivity index (χ1n) is 5.54. The van der Waals surface area contributed by atoms with Crippen molar-refractivity contribution in [1.82, 2.24) is 21.3 Å². The molecular formula is C8H16B4N4. The third kappa shape index (κ3) is 5.99. The second-order valence-electron chi connectivity index (χ2n) is 4.06. The zero-order valence-corrected chi connectivity index (χ0v) is 9.45. The lowest BCUT2D eigenvalue weighted by Crippen LogP contribution is -2.54. The second kappa shape index (κ2) is 7.43. The summed E-state index contributed by atoms with van der Waals surface area (Å²) in [5.74, 6) is -0.641. The Morgan fingerprint density at radius 1 is 0.500 bits per heavy atom. The number of rotatable bonds is 0. The molecular weight excluding hydrogens is 195 g/mol. The molecule has 0 bridgehead atoms. The maximum atomic E-state index is 5.81. The van der Waals surface area contributed by atoms with Crippen molar-refractivity contribution in [3.8, 4) is 0 Å². The van der Waals surface area contributed by atoms with E-state index in [1.165, 1.54) is 0 Å². The molecule has 0 aromatic heterocycles. The van der Waals surface area contributed by atoms with Gasteiger partial charge in [0.25, 0.3) is 0 Å². The van der Waals surface area contributed by atoms with Crippen LogP contribution in [0.5, 0.6) is 0 Å². The molecule has 0 spiro atoms. The van der Waals surface area contributed by atoms with E-state index < -0.39 is 0 Å². The summed E-state index contributed by atoms with van der Waals surface area (Å²) in [5.41, 5.74) is 0. The number of hydrogen-bond acceptors (Lipinski definition) is 4. The van der Waals surface area contributed by atoms with E-state index in [0.29, 0.717) is 26.2 Å². The Kier molecular flexibility index (Phi) is 6.58. The summed E-state index contributed by atoms with van der Waals surface area (Å²) in [5, 5.41) is 12.4. The van der Waals surface area contributed by atoms with Crippen LogP contribution in [0.15, 0.2) is 0 Å². The zero-order chi connectivity index (χ0) is 12.0. The van der Waals surface area contributed by atoms with Crippen molar-refractivity contribution in [1.29, 1.82) is 0 Å². The first kappa shape index (κ1) is 14.2. The summed E-state index contributed by atoms with van der Waals surface area (Å²) in [4.78, 5) is 0. The van der Waals surface area contributed by atoms with Crippen LogP contribution in [-0.4, -0.2) is 81.3 Å². The Morgan fingerprint density at radius 3 is 0.875 bits per heavy atom. The molecule has 4 unspecified atom stereocenters. The largest absolute Gasteiger partial charge is 0.320 e. The Hall–Kier alpha value is 0.0997. The highest BCUT2D eigenvalue weighted by Crippen LogP contribution is 1.84. The van der Waals surface area contributed by atoms with Crippen LogP contribution in [0, 0.1) is 0 Å². The van der Waals surface area contributed by atoms with Gasteiger partial charge in [-0.2, -0.15) is 0 Å². The Labute approximate surface area is 103 Å². The normalized spacial score (nSPS) is 39.5. The smallest absolute Gasteiger partial charge is 0.0924 e. The summed E-state index contributed by atoms with van der Waals surface area (Å²) in [6.45, 7) is 2.35. The van der Waals surface area contributed by atoms with Crippen LogP contribution in [0.4, 0.5) is 0 Å². The van der Waals surface area contributed by atoms with Gasteiger partial charge in [-0.25, -0.2) is 0 Å². The molecule has 16 heavy (non-hydrogen) atoms. The minimum Gasteiger partial charge on any atom is -0.320 e. The molecule has 80 valence electrons. The van der Waals surface area contributed by atoms with E-state index in [2.05, 4.69) is 21.3 Å². The van der Waals surface area contributed by atoms with Gasteiger partial charge in [0.2, 0.25) is 0 Å². The molecule has 1 aliphatic heterocycles. The predicted molar refractivity (Wildman–Crippen MR) is 70.2 cm³/mol. The molecule has 0 aliphatic carbocycles. The minimum atomic E-state index is -0.160. The monoisotopic (exact) mass is 212 g/mol. The van der Waals surface area contributed by atoms with Crippen LogP contribution in [-0.2, 0) is 0 Å². The van der Waals surface area contributed by atoms with E-state index in [1.807, 2.05) is 0 Å². The van der Waals surface area contributed by atoms with Gasteiger partial charge >= 0.3 is 0 Å². The number of nitrogens with one attached hydrogen (secondary N) is 4. The summed E-state index contributed by atoms with van der Waals surface area (Å²) < 4.78 is 0. The van der Waals surface area contributed by atoms with Crippen LogP contribution in [0.3, 0.4) is 0 Å². The molecule has 1 aliphatic rings. The first-order valence-corrected chi connectivity index (χ1v) is 5.54. The van der Waals surface area contributed by atoms with E-state index in [1.54, 1.807) is 0 Å². The van der Waals surface area contributed by atoms with Gasteiger partial charge in [0.05, 0.1) is 31.4 Å². The highest BCUT2D eigenvalue weighted by Gasteiger charge is 2.10. The van der Waals surface area contributed by atoms with Crippen molar-refractivity contribution >= 4 is 31.4 Å². The quantitative estimate of drug-likeness (QED) is 0.312. The van der Waals surface area contributed by atoms with Crippen LogP contribution < -0.4 is 21.3 Å². The molecule has 4 atom stereocenters. The van der Waals surface area contributed by atoms with Crippen molar-refractivity contribution in [2.45, 2.75) is 23.8 Å². The van der Waals surface area contributed by atoms with Gasteiger partial charge in [0, 0.05) is 26.2 Å². The molecule has 0 aromatic rings. The average Bonchev–Trinajstić information content (AvgIpc) is 2.27. The minimum absolute atomic E-state index is 0.160. The van der Waals surface area contributed by atoms with Gasteiger partial charge in [0.1, 0.15) is 0 Å². The summed E-state index contributed by atoms with van der Waals surface area (Å²) in [6, 6.07) is 0. The molecule has 0 saturated carbocycles. The second-order valence-corrected chi connectivity index (χ2v) is 4.06. The highest BCUT2D eigenvalue weighted by atomic mass is 15.1. The van der Waals surface area contributed by atoms with Crippen molar-refractivity contribution in [2.75, 3.05) is 26.2 Å². The molecule has 0 amide bonds. The zero-order valence-electron chi connectivity index (χ0n) is 9.45. The van der Waals surface area contributed by atoms with Crippen molar-refractivity contribution in [2.24, 2.45) is 0 Å². The third-order valence-corrected chi connectivity index (χ3v) is 2.40. The molecule has 4 N–H and O–H groups in total. The van der Waals surface area contributed by atoms with E-state index in [9.17, 15) is 0 Å². The Balaban J connectivity index is 2.39. The topological polar surface area (TPSA) is 48.1 Å². The lowest BCUT2D eigenvalue weighted by atomic mass is 9.88. The van der Waals surface area contributed by atoms with Crippen LogP contribution in [0.2, 0.25) is 0 Å². The van der Waals surface area contributed by atoms with Gasteiger partial charge in [-0.1, -0.05) is 0 Å². The number of hydrogen-bond donors (Lipinski definition) is 4. The maximum absolute atomic E-state index is 5.81. The predicted octanol–water partition coefficient (Wildman–Crippen LogP) is -3.66. The maximum Gasteiger partial charge on any atom is 0.0924 e. The van der Waals surface area contributed by atoms with Gasteiger partial charge in [-0.3, -0.25) is 0 Å². The fourth-order valence-corrected chi connectivity index (χ4v) is 1.40. The summed E-state index contributed by atoms with van der Waals surface area (Å²) in [7, 11) is 23.2. The van der Waals surface area contributed by atoms with E-state index in [4.69, 9.17) is 31.4 Å². The molecule has 1 saturated heterocycles. The molecule has 1 fully saturated rings. The Morgan fingerprint density at radius 2 is 0.688 bits per heavy atom. The van der Waals surface area contributed by atoms with Gasteiger partial charge in [-0.05, 0) is 23.8 Å². The molecule has 0 aromatic carbocycles. The van der Waals surface area contributed by atoms with Gasteiger partial charge < -0.3 is 21.3 Å². The van der Waals surface area contributed by atoms with Crippen molar-refractivity contribution in [3.05, 3.63) is 0 Å². The Bertz CT molecular complexity index is 141. The van der Waals surface area contributed by atoms with Crippen LogP contribution in [0.1, 0.15) is 0 Å². The first-order chi connectivity index (χ1) is 7.58. The van der Waals surface area contributed by atoms with Crippen LogP contribution >= 0.6 is 0 Å². The molecule has 1 rings (SSSR count). The van der Waals surface area contributed by atoms with Crippen molar-refractivity contribution in [3.63, 3.8) is 0 Å². The third-order valence-electron chi connectivity index (χ3n) is 2.40. The van der Waals surface area contributed by atoms with Crippen molar-refractivity contribution < 1.29 is 0 Å². The van der Waals surface area contributed by atoms with E-state index in [-0.39, 0.29) is 23.8 Å². The molecule has 8 heteroatoms. The van der Waals surface area contributed by atoms with Gasteiger partial charge in [0.15, 0.2) is 0 Å². The summed E-state index contributed by atoms with van der Waals surface area (Å²) in [6.07, 6.45) is 0. The van der Waals surface area contributed by atoms with E-state index >= 15 is 0 Å². The summed E-state index contributed by atoms with van der Waals surface area (Å²) >= 11 is 0. The standard InChI is InChI=1S/C8H16B4N4/c9-5-1-13-6(10)2-15-8(12)4-16-7(11)3-14-5/h5-8,13-16H,1-4H2. The lowest BCUT2D eigenvalue weighted by Gasteiger charge is -2.26. The lowest BCUT2D eigenvalue weighted by molar-refractivity contribution is 0.471. The molecule has 1 heterocycles. The van der Waals surface area contributed by atoms with Gasteiger partial charge in [-0.15, -0.1) is 0 Å². The fraction of sp³-hybridized carbons (Fsp3) is 1.00. The highest BCUT2D eigenvalue weighted by molar-refractivity contribution is 6.14.